The second-order valence-corrected chi connectivity index (χ2v) is 7.24. The molecule has 2 aromatic carbocycles. The molecule has 1 unspecified atom stereocenters. The molecule has 3 N–H and O–H groups in total. The second-order valence-electron chi connectivity index (χ2n) is 6.26. The third-order valence-corrected chi connectivity index (χ3v) is 5.37. The van der Waals surface area contributed by atoms with E-state index in [4.69, 9.17) is 10.3 Å². The number of benzene rings is 2. The standard InChI is InChI=1S/C20H23N3O2S.ClH/c1-13-18(14(2)25-23-13)11-26-12-20(24)22-19(10-21)17-8-7-15-5-3-4-6-16(15)9-17;/h3-9,19H,10-12,21H2,1-2H3,(H,22,24);1H. The van der Waals surface area contributed by atoms with Crippen molar-refractivity contribution in [3.63, 3.8) is 0 Å². The summed E-state index contributed by atoms with van der Waals surface area (Å²) in [6, 6.07) is 14.1. The molecule has 0 saturated heterocycles. The number of nitrogens with two attached hydrogens (primary N) is 1. The Morgan fingerprint density at radius 1 is 1.22 bits per heavy atom. The van der Waals surface area contributed by atoms with Gasteiger partial charge in [0.15, 0.2) is 0 Å². The van der Waals surface area contributed by atoms with Gasteiger partial charge in [-0.3, -0.25) is 4.79 Å². The average Bonchev–Trinajstić information content (AvgIpc) is 2.97. The highest BCUT2D eigenvalue weighted by Crippen LogP contribution is 2.21. The third-order valence-electron chi connectivity index (χ3n) is 4.41. The number of thioether (sulfide) groups is 1. The van der Waals surface area contributed by atoms with Gasteiger partial charge in [0.25, 0.3) is 0 Å². The molecule has 0 aliphatic rings. The van der Waals surface area contributed by atoms with E-state index < -0.39 is 0 Å². The molecule has 3 rings (SSSR count). The molecule has 0 aliphatic heterocycles. The summed E-state index contributed by atoms with van der Waals surface area (Å²) in [4.78, 5) is 12.3. The number of nitrogens with zero attached hydrogens (tertiary/aromatic N) is 1. The SMILES string of the molecule is Cc1noc(C)c1CSCC(=O)NC(CN)c1ccc2ccccc2c1.Cl. The highest BCUT2D eigenvalue weighted by molar-refractivity contribution is 7.99. The fraction of sp³-hybridized carbons (Fsp3) is 0.300. The van der Waals surface area contributed by atoms with Gasteiger partial charge < -0.3 is 15.6 Å². The van der Waals surface area contributed by atoms with Crippen LogP contribution in [0.2, 0.25) is 0 Å². The molecule has 1 aromatic heterocycles. The van der Waals surface area contributed by atoms with Crippen LogP contribution in [0.3, 0.4) is 0 Å². The molecule has 0 aliphatic carbocycles. The molecular formula is C20H24ClN3O2S. The molecule has 0 radical (unpaired) electrons. The van der Waals surface area contributed by atoms with Crippen molar-refractivity contribution >= 4 is 40.8 Å². The highest BCUT2D eigenvalue weighted by Gasteiger charge is 2.15. The average molecular weight is 406 g/mol. The van der Waals surface area contributed by atoms with Crippen LogP contribution in [0.15, 0.2) is 47.0 Å². The minimum absolute atomic E-state index is 0. The predicted molar refractivity (Wildman–Crippen MR) is 113 cm³/mol. The van der Waals surface area contributed by atoms with Crippen LogP contribution >= 0.6 is 24.2 Å². The number of halogens is 1. The van der Waals surface area contributed by atoms with Gasteiger partial charge >= 0.3 is 0 Å². The maximum absolute atomic E-state index is 12.3. The summed E-state index contributed by atoms with van der Waals surface area (Å²) in [6.45, 7) is 4.16. The van der Waals surface area contributed by atoms with Gasteiger partial charge in [-0.1, -0.05) is 41.6 Å². The highest BCUT2D eigenvalue weighted by atomic mass is 35.5. The number of hydrogen-bond donors (Lipinski definition) is 2. The van der Waals surface area contributed by atoms with Gasteiger partial charge in [-0.2, -0.15) is 0 Å². The van der Waals surface area contributed by atoms with E-state index in [-0.39, 0.29) is 24.4 Å². The Morgan fingerprint density at radius 3 is 2.63 bits per heavy atom. The number of rotatable bonds is 7. The molecule has 27 heavy (non-hydrogen) atoms. The Kier molecular flexibility index (Phi) is 7.71. The van der Waals surface area contributed by atoms with E-state index in [1.165, 1.54) is 5.39 Å². The number of aryl methyl sites for hydroxylation is 2. The second kappa shape index (κ2) is 9.78. The van der Waals surface area contributed by atoms with E-state index in [2.05, 4.69) is 34.7 Å². The van der Waals surface area contributed by atoms with Gasteiger partial charge in [0.2, 0.25) is 5.91 Å². The first-order chi connectivity index (χ1) is 12.6. The molecule has 0 bridgehead atoms. The minimum atomic E-state index is -0.188. The Bertz CT molecular complexity index is 894. The van der Waals surface area contributed by atoms with E-state index in [1.807, 2.05) is 32.0 Å². The van der Waals surface area contributed by atoms with Crippen molar-refractivity contribution < 1.29 is 9.32 Å². The molecule has 1 atom stereocenters. The van der Waals surface area contributed by atoms with Gasteiger partial charge in [-0.15, -0.1) is 24.2 Å². The van der Waals surface area contributed by atoms with Gasteiger partial charge in [-0.05, 0) is 36.2 Å². The molecule has 3 aromatic rings. The van der Waals surface area contributed by atoms with Gasteiger partial charge in [-0.25, -0.2) is 0 Å². The van der Waals surface area contributed by atoms with Crippen LogP contribution in [0, 0.1) is 13.8 Å². The van der Waals surface area contributed by atoms with Crippen LogP contribution in [0.25, 0.3) is 10.8 Å². The first-order valence-electron chi connectivity index (χ1n) is 8.56. The summed E-state index contributed by atoms with van der Waals surface area (Å²) in [5.74, 6) is 1.86. The molecule has 1 amide bonds. The van der Waals surface area contributed by atoms with Crippen LogP contribution in [0.4, 0.5) is 0 Å². The van der Waals surface area contributed by atoms with Gasteiger partial charge in [0.1, 0.15) is 5.76 Å². The van der Waals surface area contributed by atoms with E-state index in [9.17, 15) is 4.79 Å². The van der Waals surface area contributed by atoms with Gasteiger partial charge in [0.05, 0.1) is 17.5 Å². The summed E-state index contributed by atoms with van der Waals surface area (Å²) >= 11 is 1.54. The number of carbonyl (C=O) groups excluding carboxylic acids is 1. The molecule has 0 spiro atoms. The third kappa shape index (κ3) is 5.25. The lowest BCUT2D eigenvalue weighted by atomic mass is 10.0. The quantitative estimate of drug-likeness (QED) is 0.622. The van der Waals surface area contributed by atoms with Gasteiger partial charge in [0, 0.05) is 17.9 Å². The fourth-order valence-electron chi connectivity index (χ4n) is 2.89. The number of nitrogens with one attached hydrogen (secondary N) is 1. The Labute approximate surface area is 169 Å². The van der Waals surface area contributed by atoms with Crippen molar-refractivity contribution in [3.8, 4) is 0 Å². The van der Waals surface area contributed by atoms with Crippen LogP contribution in [-0.4, -0.2) is 23.4 Å². The first-order valence-corrected chi connectivity index (χ1v) is 9.71. The van der Waals surface area contributed by atoms with Crippen molar-refractivity contribution in [2.75, 3.05) is 12.3 Å². The molecule has 1 heterocycles. The van der Waals surface area contributed by atoms with Crippen LogP contribution in [0.5, 0.6) is 0 Å². The van der Waals surface area contributed by atoms with Crippen LogP contribution in [-0.2, 0) is 10.5 Å². The lowest BCUT2D eigenvalue weighted by Gasteiger charge is -2.18. The van der Waals surface area contributed by atoms with E-state index in [1.54, 1.807) is 11.8 Å². The topological polar surface area (TPSA) is 81.2 Å². The van der Waals surface area contributed by atoms with Crippen molar-refractivity contribution in [1.82, 2.24) is 10.5 Å². The number of aromatic nitrogens is 1. The summed E-state index contributed by atoms with van der Waals surface area (Å²) in [5.41, 5.74) is 8.87. The molecule has 0 fully saturated rings. The normalized spacial score (nSPS) is 11.8. The first kappa shape index (κ1) is 21.3. The van der Waals surface area contributed by atoms with Crippen molar-refractivity contribution in [2.24, 2.45) is 5.73 Å². The number of fused-ring (bicyclic) bond motifs is 1. The van der Waals surface area contributed by atoms with Crippen molar-refractivity contribution in [1.29, 1.82) is 0 Å². The lowest BCUT2D eigenvalue weighted by molar-refractivity contribution is -0.119. The summed E-state index contributed by atoms with van der Waals surface area (Å²) < 4.78 is 5.15. The molecular weight excluding hydrogens is 382 g/mol. The molecule has 5 nitrogen and oxygen atoms in total. The summed E-state index contributed by atoms with van der Waals surface area (Å²) in [5, 5.41) is 9.29. The van der Waals surface area contributed by atoms with Crippen LogP contribution < -0.4 is 11.1 Å². The van der Waals surface area contributed by atoms with E-state index in [0.29, 0.717) is 18.1 Å². The lowest BCUT2D eigenvalue weighted by Crippen LogP contribution is -2.34. The Balaban J connectivity index is 0.00000261. The smallest absolute Gasteiger partial charge is 0.230 e. The Hall–Kier alpha value is -2.02. The zero-order valence-corrected chi connectivity index (χ0v) is 17.0. The van der Waals surface area contributed by atoms with Crippen molar-refractivity contribution in [2.45, 2.75) is 25.6 Å². The summed E-state index contributed by atoms with van der Waals surface area (Å²) in [6.07, 6.45) is 0. The van der Waals surface area contributed by atoms with Crippen LogP contribution in [0.1, 0.15) is 28.6 Å². The number of amides is 1. The number of carbonyl (C=O) groups is 1. The maximum Gasteiger partial charge on any atom is 0.230 e. The molecule has 7 heteroatoms. The number of hydrogen-bond acceptors (Lipinski definition) is 5. The predicted octanol–water partition coefficient (Wildman–Crippen LogP) is 3.92. The minimum Gasteiger partial charge on any atom is -0.361 e. The monoisotopic (exact) mass is 405 g/mol. The molecule has 0 saturated carbocycles. The zero-order valence-electron chi connectivity index (χ0n) is 15.4. The zero-order chi connectivity index (χ0) is 18.5. The fourth-order valence-corrected chi connectivity index (χ4v) is 3.88. The summed E-state index contributed by atoms with van der Waals surface area (Å²) in [7, 11) is 0. The van der Waals surface area contributed by atoms with E-state index in [0.717, 1.165) is 28.0 Å². The largest absolute Gasteiger partial charge is 0.361 e. The maximum atomic E-state index is 12.3. The molecule has 144 valence electrons. The van der Waals surface area contributed by atoms with E-state index >= 15 is 0 Å². The Morgan fingerprint density at radius 2 is 1.96 bits per heavy atom. The van der Waals surface area contributed by atoms with Crippen molar-refractivity contribution in [3.05, 3.63) is 65.0 Å².